The van der Waals surface area contributed by atoms with E-state index in [2.05, 4.69) is 22.3 Å². The van der Waals surface area contributed by atoms with Crippen LogP contribution in [0.1, 0.15) is 34.3 Å². The molecule has 0 saturated carbocycles. The molecule has 1 saturated heterocycles. The lowest BCUT2D eigenvalue weighted by molar-refractivity contribution is -0.120. The Morgan fingerprint density at radius 2 is 1.50 bits per heavy atom. The van der Waals surface area contributed by atoms with Crippen molar-refractivity contribution in [1.29, 1.82) is 0 Å². The summed E-state index contributed by atoms with van der Waals surface area (Å²) < 4.78 is 0. The van der Waals surface area contributed by atoms with Gasteiger partial charge in [-0.3, -0.25) is 14.5 Å². The second-order valence-electron chi connectivity index (χ2n) is 7.34. The van der Waals surface area contributed by atoms with Gasteiger partial charge in [0.2, 0.25) is 5.91 Å². The van der Waals surface area contributed by atoms with Crippen molar-refractivity contribution in [2.24, 2.45) is 0 Å². The van der Waals surface area contributed by atoms with E-state index in [1.807, 2.05) is 48.5 Å². The van der Waals surface area contributed by atoms with Crippen molar-refractivity contribution in [2.75, 3.05) is 11.9 Å². The number of halogens is 1. The van der Waals surface area contributed by atoms with Crippen molar-refractivity contribution in [1.82, 2.24) is 4.90 Å². The Kier molecular flexibility index (Phi) is 7.39. The fourth-order valence-electron chi connectivity index (χ4n) is 3.88. The zero-order valence-electron chi connectivity index (χ0n) is 16.7. The van der Waals surface area contributed by atoms with Gasteiger partial charge in [-0.2, -0.15) is 0 Å². The van der Waals surface area contributed by atoms with E-state index in [4.69, 9.17) is 0 Å². The molecule has 1 fully saturated rings. The molecule has 154 valence electrons. The number of benzene rings is 3. The van der Waals surface area contributed by atoms with Gasteiger partial charge in [-0.1, -0.05) is 72.8 Å². The van der Waals surface area contributed by atoms with Crippen LogP contribution in [0, 0.1) is 0 Å². The first-order chi connectivity index (χ1) is 14.2. The number of nitrogens with one attached hydrogen (secondary N) is 1. The zero-order chi connectivity index (χ0) is 20.1. The first kappa shape index (κ1) is 21.8. The normalized spacial score (nSPS) is 15.9. The van der Waals surface area contributed by atoms with Crippen LogP contribution >= 0.6 is 12.4 Å². The maximum absolute atomic E-state index is 13.1. The van der Waals surface area contributed by atoms with Crippen molar-refractivity contribution in [3.63, 3.8) is 0 Å². The number of carbonyl (C=O) groups excluding carboxylic acids is 2. The van der Waals surface area contributed by atoms with Gasteiger partial charge in [-0.15, -0.1) is 12.4 Å². The van der Waals surface area contributed by atoms with Gasteiger partial charge in [-0.05, 0) is 37.1 Å². The third-order valence-corrected chi connectivity index (χ3v) is 5.36. The standard InChI is InChI=1S/C25H24N2O2.ClH/c28-24(20-12-5-2-6-13-20)21-14-7-8-15-22(21)26-25(29)23-16-9-17-27(23)18-19-10-3-1-4-11-19;/h1-8,10-15,23H,9,16-18H2,(H,26,29);1H/t23-;/m0./s1. The van der Waals surface area contributed by atoms with Crippen molar-refractivity contribution in [3.8, 4) is 0 Å². The lowest BCUT2D eigenvalue weighted by Crippen LogP contribution is -2.39. The van der Waals surface area contributed by atoms with E-state index in [9.17, 15) is 9.59 Å². The number of amides is 1. The van der Waals surface area contributed by atoms with Gasteiger partial charge >= 0.3 is 0 Å². The Morgan fingerprint density at radius 3 is 2.23 bits per heavy atom. The van der Waals surface area contributed by atoms with Crippen LogP contribution in [0.4, 0.5) is 5.69 Å². The second kappa shape index (κ2) is 10.2. The van der Waals surface area contributed by atoms with Crippen molar-refractivity contribution >= 4 is 29.8 Å². The molecule has 30 heavy (non-hydrogen) atoms. The molecule has 1 atom stereocenters. The number of para-hydroxylation sites is 1. The highest BCUT2D eigenvalue weighted by Crippen LogP contribution is 2.24. The van der Waals surface area contributed by atoms with E-state index in [-0.39, 0.29) is 30.1 Å². The molecular weight excluding hydrogens is 396 g/mol. The Labute approximate surface area is 183 Å². The van der Waals surface area contributed by atoms with Crippen LogP contribution in [0.25, 0.3) is 0 Å². The average molecular weight is 421 g/mol. The van der Waals surface area contributed by atoms with Crippen LogP contribution in [0.15, 0.2) is 84.9 Å². The molecule has 0 radical (unpaired) electrons. The van der Waals surface area contributed by atoms with E-state index in [1.54, 1.807) is 24.3 Å². The Bertz CT molecular complexity index is 992. The van der Waals surface area contributed by atoms with Crippen molar-refractivity contribution < 1.29 is 9.59 Å². The highest BCUT2D eigenvalue weighted by molar-refractivity contribution is 6.14. The molecule has 0 aliphatic carbocycles. The van der Waals surface area contributed by atoms with Crippen LogP contribution in [0.2, 0.25) is 0 Å². The summed E-state index contributed by atoms with van der Waals surface area (Å²) in [4.78, 5) is 28.2. The van der Waals surface area contributed by atoms with Gasteiger partial charge in [0.1, 0.15) is 0 Å². The molecule has 4 nitrogen and oxygen atoms in total. The van der Waals surface area contributed by atoms with Crippen molar-refractivity contribution in [2.45, 2.75) is 25.4 Å². The number of nitrogens with zero attached hydrogens (tertiary/aromatic N) is 1. The molecule has 3 aromatic rings. The summed E-state index contributed by atoms with van der Waals surface area (Å²) >= 11 is 0. The quantitative estimate of drug-likeness (QED) is 0.574. The van der Waals surface area contributed by atoms with Crippen LogP contribution in [-0.2, 0) is 11.3 Å². The second-order valence-corrected chi connectivity index (χ2v) is 7.34. The van der Waals surface area contributed by atoms with E-state index in [0.29, 0.717) is 16.8 Å². The SMILES string of the molecule is Cl.O=C(c1ccccc1)c1ccccc1NC(=O)[C@@H]1CCCN1Cc1ccccc1. The Balaban J connectivity index is 0.00000256. The van der Waals surface area contributed by atoms with E-state index in [1.165, 1.54) is 5.56 Å². The number of hydrogen-bond acceptors (Lipinski definition) is 3. The number of anilines is 1. The molecule has 0 bridgehead atoms. The maximum Gasteiger partial charge on any atom is 0.241 e. The highest BCUT2D eigenvalue weighted by atomic mass is 35.5. The fraction of sp³-hybridized carbons (Fsp3) is 0.200. The zero-order valence-corrected chi connectivity index (χ0v) is 17.5. The lowest BCUT2D eigenvalue weighted by Gasteiger charge is -2.24. The van der Waals surface area contributed by atoms with Gasteiger partial charge in [-0.25, -0.2) is 0 Å². The Morgan fingerprint density at radius 1 is 0.867 bits per heavy atom. The summed E-state index contributed by atoms with van der Waals surface area (Å²) in [6, 6.07) is 26.4. The van der Waals surface area contributed by atoms with Gasteiger partial charge in [0.25, 0.3) is 0 Å². The minimum Gasteiger partial charge on any atom is -0.324 e. The molecule has 1 N–H and O–H groups in total. The van der Waals surface area contributed by atoms with Crippen LogP contribution < -0.4 is 5.32 Å². The minimum atomic E-state index is -0.185. The molecule has 5 heteroatoms. The predicted molar refractivity (Wildman–Crippen MR) is 122 cm³/mol. The molecular formula is C25H25ClN2O2. The molecule has 4 rings (SSSR count). The van der Waals surface area contributed by atoms with Crippen LogP contribution in [0.3, 0.4) is 0 Å². The first-order valence-electron chi connectivity index (χ1n) is 10.00. The number of likely N-dealkylation sites (tertiary alicyclic amines) is 1. The summed E-state index contributed by atoms with van der Waals surface area (Å²) in [5.74, 6) is -0.138. The fourth-order valence-corrected chi connectivity index (χ4v) is 3.88. The third kappa shape index (κ3) is 4.96. The lowest BCUT2D eigenvalue weighted by atomic mass is 10.0. The number of hydrogen-bond donors (Lipinski definition) is 1. The van der Waals surface area contributed by atoms with Gasteiger partial charge in [0.05, 0.1) is 11.7 Å². The molecule has 1 heterocycles. The molecule has 0 aromatic heterocycles. The van der Waals surface area contributed by atoms with Gasteiger partial charge < -0.3 is 5.32 Å². The van der Waals surface area contributed by atoms with E-state index < -0.39 is 0 Å². The summed E-state index contributed by atoms with van der Waals surface area (Å²) in [5.41, 5.74) is 2.89. The predicted octanol–water partition coefficient (Wildman–Crippen LogP) is 4.94. The topological polar surface area (TPSA) is 49.4 Å². The monoisotopic (exact) mass is 420 g/mol. The summed E-state index contributed by atoms with van der Waals surface area (Å²) in [6.45, 7) is 1.65. The molecule has 1 aliphatic heterocycles. The molecule has 3 aromatic carbocycles. The maximum atomic E-state index is 13.1. The summed E-state index contributed by atoms with van der Waals surface area (Å²) in [6.07, 6.45) is 1.82. The minimum absolute atomic E-state index is 0. The van der Waals surface area contributed by atoms with E-state index >= 15 is 0 Å². The molecule has 1 amide bonds. The molecule has 0 unspecified atom stereocenters. The average Bonchev–Trinajstić information content (AvgIpc) is 3.23. The number of ketones is 1. The third-order valence-electron chi connectivity index (χ3n) is 5.36. The largest absolute Gasteiger partial charge is 0.324 e. The Hall–Kier alpha value is -2.95. The number of carbonyl (C=O) groups is 2. The molecule has 1 aliphatic rings. The van der Waals surface area contributed by atoms with Crippen molar-refractivity contribution in [3.05, 3.63) is 102 Å². The van der Waals surface area contributed by atoms with Crippen LogP contribution in [-0.4, -0.2) is 29.2 Å². The van der Waals surface area contributed by atoms with Crippen LogP contribution in [0.5, 0.6) is 0 Å². The first-order valence-corrected chi connectivity index (χ1v) is 10.00. The highest BCUT2D eigenvalue weighted by Gasteiger charge is 2.31. The summed E-state index contributed by atoms with van der Waals surface area (Å²) in [7, 11) is 0. The smallest absolute Gasteiger partial charge is 0.241 e. The molecule has 0 spiro atoms. The van der Waals surface area contributed by atoms with E-state index in [0.717, 1.165) is 25.9 Å². The summed E-state index contributed by atoms with van der Waals surface area (Å²) in [5, 5.41) is 3.02. The van der Waals surface area contributed by atoms with Gasteiger partial charge in [0.15, 0.2) is 5.78 Å². The van der Waals surface area contributed by atoms with Gasteiger partial charge in [0, 0.05) is 17.7 Å². The number of rotatable bonds is 6.